The van der Waals surface area contributed by atoms with E-state index in [0.717, 1.165) is 43.4 Å². The van der Waals surface area contributed by atoms with Crippen LogP contribution in [0.1, 0.15) is 92.3 Å². The van der Waals surface area contributed by atoms with Crippen LogP contribution in [0.4, 0.5) is 5.69 Å². The molecule has 39 heavy (non-hydrogen) atoms. The molecule has 2 aromatic heterocycles. The van der Waals surface area contributed by atoms with Gasteiger partial charge in [0, 0.05) is 29.4 Å². The van der Waals surface area contributed by atoms with Crippen molar-refractivity contribution >= 4 is 17.5 Å². The highest BCUT2D eigenvalue weighted by atomic mass is 16.2. The summed E-state index contributed by atoms with van der Waals surface area (Å²) in [5.41, 5.74) is 2.28. The largest absolute Gasteiger partial charge is 0.351 e. The van der Waals surface area contributed by atoms with Crippen LogP contribution in [-0.2, 0) is 23.1 Å². The molecule has 9 nitrogen and oxygen atoms in total. The summed E-state index contributed by atoms with van der Waals surface area (Å²) in [5.74, 6) is -0.561. The zero-order chi connectivity index (χ0) is 27.6. The maximum atomic E-state index is 14.5. The zero-order valence-corrected chi connectivity index (χ0v) is 22.8. The van der Waals surface area contributed by atoms with Crippen molar-refractivity contribution < 1.29 is 9.59 Å². The first-order valence-electron chi connectivity index (χ1n) is 13.7. The fourth-order valence-electron chi connectivity index (χ4n) is 5.87. The van der Waals surface area contributed by atoms with Crippen LogP contribution >= 0.6 is 0 Å². The Kier molecular flexibility index (Phi) is 7.21. The van der Waals surface area contributed by atoms with Crippen LogP contribution < -0.4 is 10.2 Å². The third-order valence-electron chi connectivity index (χ3n) is 8.10. The smallest absolute Gasteiger partial charge is 0.277 e. The molecule has 5 rings (SSSR count). The molecule has 2 aliphatic carbocycles. The standard InChI is InChI=1S/C30H35N7O2/c1-29(2,3)20-9-11-22(12-10-20)37(27(38)26-17-32-18-33-26)30(28(39)36-21-7-5-4-6-8-21)14-13-24-23(15-30)25(16-31)35-19-34-24/h9-12,17-19,21H,4-8,13-15H2,1-3H3,(H,32,33)(H,36,39). The highest BCUT2D eigenvalue weighted by Crippen LogP contribution is 2.39. The number of fused-ring (bicyclic) bond motifs is 1. The van der Waals surface area contributed by atoms with Gasteiger partial charge < -0.3 is 10.3 Å². The Morgan fingerprint density at radius 2 is 1.87 bits per heavy atom. The predicted octanol–water partition coefficient (Wildman–Crippen LogP) is 4.39. The van der Waals surface area contributed by atoms with Gasteiger partial charge in [-0.1, -0.05) is 52.2 Å². The van der Waals surface area contributed by atoms with Gasteiger partial charge in [0.15, 0.2) is 0 Å². The van der Waals surface area contributed by atoms with Crippen LogP contribution in [0, 0.1) is 11.3 Å². The minimum Gasteiger partial charge on any atom is -0.351 e. The molecule has 0 radical (unpaired) electrons. The lowest BCUT2D eigenvalue weighted by Crippen LogP contribution is -2.65. The maximum absolute atomic E-state index is 14.5. The summed E-state index contributed by atoms with van der Waals surface area (Å²) in [6, 6.07) is 10.1. The van der Waals surface area contributed by atoms with Crippen LogP contribution in [-0.4, -0.2) is 43.3 Å². The number of nitriles is 1. The molecule has 1 atom stereocenters. The number of aryl methyl sites for hydroxylation is 1. The molecular formula is C30H35N7O2. The Morgan fingerprint density at radius 3 is 2.51 bits per heavy atom. The second-order valence-electron chi connectivity index (χ2n) is 11.7. The van der Waals surface area contributed by atoms with Crippen molar-refractivity contribution in [3.8, 4) is 6.07 Å². The second kappa shape index (κ2) is 10.6. The summed E-state index contributed by atoms with van der Waals surface area (Å²) in [6.07, 6.45) is 10.4. The third-order valence-corrected chi connectivity index (χ3v) is 8.10. The Labute approximate surface area is 229 Å². The van der Waals surface area contributed by atoms with E-state index in [1.54, 1.807) is 4.90 Å². The van der Waals surface area contributed by atoms with E-state index in [-0.39, 0.29) is 41.1 Å². The summed E-state index contributed by atoms with van der Waals surface area (Å²) < 4.78 is 0. The van der Waals surface area contributed by atoms with Crippen molar-refractivity contribution in [1.82, 2.24) is 25.3 Å². The molecule has 0 saturated heterocycles. The molecule has 2 amide bonds. The van der Waals surface area contributed by atoms with Crippen LogP contribution in [0.25, 0.3) is 0 Å². The van der Waals surface area contributed by atoms with Crippen LogP contribution in [0.5, 0.6) is 0 Å². The molecule has 1 saturated carbocycles. The lowest BCUT2D eigenvalue weighted by Gasteiger charge is -2.46. The number of benzene rings is 1. The number of hydrogen-bond acceptors (Lipinski definition) is 6. The SMILES string of the molecule is CC(C)(C)c1ccc(N(C(=O)c2cnc[nH]2)C2(C(=O)NC3CCCCC3)CCc3ncnc(C#N)c3C2)cc1. The molecule has 2 heterocycles. The molecular weight excluding hydrogens is 490 g/mol. The van der Waals surface area contributed by atoms with Crippen LogP contribution in [0.15, 0.2) is 43.1 Å². The minimum atomic E-state index is -1.29. The first kappa shape index (κ1) is 26.5. The van der Waals surface area contributed by atoms with E-state index >= 15 is 0 Å². The van der Waals surface area contributed by atoms with Crippen molar-refractivity contribution in [3.63, 3.8) is 0 Å². The summed E-state index contributed by atoms with van der Waals surface area (Å²) in [5, 5.41) is 13.2. The molecule has 0 aliphatic heterocycles. The second-order valence-corrected chi connectivity index (χ2v) is 11.7. The van der Waals surface area contributed by atoms with Gasteiger partial charge in [-0.05, 0) is 48.8 Å². The third kappa shape index (κ3) is 5.16. The minimum absolute atomic E-state index is 0.0550. The van der Waals surface area contributed by atoms with E-state index in [9.17, 15) is 14.9 Å². The van der Waals surface area contributed by atoms with Crippen LogP contribution in [0.2, 0.25) is 0 Å². The van der Waals surface area contributed by atoms with Crippen molar-refractivity contribution in [2.24, 2.45) is 0 Å². The molecule has 1 unspecified atom stereocenters. The topological polar surface area (TPSA) is 128 Å². The predicted molar refractivity (Wildman–Crippen MR) is 147 cm³/mol. The number of aromatic amines is 1. The average Bonchev–Trinajstić information content (AvgIpc) is 3.48. The highest BCUT2D eigenvalue weighted by Gasteiger charge is 2.51. The molecule has 9 heteroatoms. The van der Waals surface area contributed by atoms with E-state index in [4.69, 9.17) is 0 Å². The lowest BCUT2D eigenvalue weighted by atomic mass is 9.76. The monoisotopic (exact) mass is 525 g/mol. The number of nitrogens with zero attached hydrogens (tertiary/aromatic N) is 5. The van der Waals surface area contributed by atoms with Crippen LogP contribution in [0.3, 0.4) is 0 Å². The van der Waals surface area contributed by atoms with Gasteiger partial charge in [-0.3, -0.25) is 14.5 Å². The van der Waals surface area contributed by atoms with Gasteiger partial charge in [0.25, 0.3) is 5.91 Å². The van der Waals surface area contributed by atoms with E-state index in [1.807, 2.05) is 24.3 Å². The molecule has 202 valence electrons. The molecule has 2 aliphatic rings. The van der Waals surface area contributed by atoms with Gasteiger partial charge in [-0.2, -0.15) is 5.26 Å². The van der Waals surface area contributed by atoms with Crippen molar-refractivity contribution in [3.05, 3.63) is 71.3 Å². The first-order valence-corrected chi connectivity index (χ1v) is 13.7. The van der Waals surface area contributed by atoms with Gasteiger partial charge >= 0.3 is 0 Å². The van der Waals surface area contributed by atoms with E-state index in [2.05, 4.69) is 52.1 Å². The maximum Gasteiger partial charge on any atom is 0.277 e. The van der Waals surface area contributed by atoms with Gasteiger partial charge in [0.1, 0.15) is 29.3 Å². The number of anilines is 1. The molecule has 1 aromatic carbocycles. The van der Waals surface area contributed by atoms with Gasteiger partial charge in [-0.15, -0.1) is 0 Å². The normalized spacial score (nSPS) is 19.5. The number of carbonyl (C=O) groups excluding carboxylic acids is 2. The number of amides is 2. The number of hydrogen-bond donors (Lipinski definition) is 2. The Balaban J connectivity index is 1.66. The quantitative estimate of drug-likeness (QED) is 0.508. The fourth-order valence-corrected chi connectivity index (χ4v) is 5.87. The first-order chi connectivity index (χ1) is 18.7. The van der Waals surface area contributed by atoms with Gasteiger partial charge in [-0.25, -0.2) is 15.0 Å². The molecule has 3 aromatic rings. The fraction of sp³-hybridized carbons (Fsp3) is 0.467. The lowest BCUT2D eigenvalue weighted by molar-refractivity contribution is -0.127. The van der Waals surface area contributed by atoms with Crippen molar-refractivity contribution in [1.29, 1.82) is 5.26 Å². The number of imidazole rings is 1. The van der Waals surface area contributed by atoms with Crippen molar-refractivity contribution in [2.45, 2.75) is 89.1 Å². The number of aromatic nitrogens is 4. The average molecular weight is 526 g/mol. The number of H-pyrrole nitrogens is 1. The molecule has 0 bridgehead atoms. The molecule has 2 N–H and O–H groups in total. The highest BCUT2D eigenvalue weighted by molar-refractivity contribution is 6.11. The Hall–Kier alpha value is -4.06. The summed E-state index contributed by atoms with van der Waals surface area (Å²) >= 11 is 0. The van der Waals surface area contributed by atoms with Gasteiger partial charge in [0.05, 0.1) is 12.5 Å². The summed E-state index contributed by atoms with van der Waals surface area (Å²) in [7, 11) is 0. The zero-order valence-electron chi connectivity index (χ0n) is 22.8. The van der Waals surface area contributed by atoms with E-state index in [0.29, 0.717) is 24.1 Å². The number of carbonyl (C=O) groups is 2. The van der Waals surface area contributed by atoms with Gasteiger partial charge in [0.2, 0.25) is 5.91 Å². The Bertz CT molecular complexity index is 1380. The number of rotatable bonds is 5. The Morgan fingerprint density at radius 1 is 1.13 bits per heavy atom. The van der Waals surface area contributed by atoms with Crippen molar-refractivity contribution in [2.75, 3.05) is 4.90 Å². The van der Waals surface area contributed by atoms with E-state index < -0.39 is 5.54 Å². The molecule has 0 spiro atoms. The van der Waals surface area contributed by atoms with E-state index in [1.165, 1.54) is 18.9 Å². The summed E-state index contributed by atoms with van der Waals surface area (Å²) in [6.45, 7) is 6.41. The molecule has 1 fully saturated rings. The number of nitrogens with one attached hydrogen (secondary N) is 2. The summed E-state index contributed by atoms with van der Waals surface area (Å²) in [4.78, 5) is 45.9.